The van der Waals surface area contributed by atoms with Crippen LogP contribution in [0.3, 0.4) is 0 Å². The molecule has 2 heterocycles. The molecule has 1 aromatic carbocycles. The summed E-state index contributed by atoms with van der Waals surface area (Å²) in [5, 5.41) is 4.90. The van der Waals surface area contributed by atoms with Crippen LogP contribution in [0.25, 0.3) is 5.69 Å². The van der Waals surface area contributed by atoms with Gasteiger partial charge in [-0.3, -0.25) is 4.79 Å². The van der Waals surface area contributed by atoms with Gasteiger partial charge in [-0.25, -0.2) is 14.6 Å². The van der Waals surface area contributed by atoms with E-state index in [1.807, 2.05) is 24.3 Å². The standard InChI is InChI=1S/C28H38N6OS/c1-2-13-33(23-10-11-25-27(17-23)36-28(29)32-25)14-12-20-6-8-21(9-7-20)15-26(35)22-4-3-5-24(16-22)34-19-30-18-31-34/h3-5,16,18-21,23H,2,6-15,17H2,1H3,(H2,29,32)/t20?,21?,23-/m0/s1. The molecule has 2 N–H and O–H groups in total. The maximum atomic E-state index is 13.0. The molecule has 0 amide bonds. The fraction of sp³-hybridized carbons (Fsp3) is 0.571. The minimum atomic E-state index is 0.245. The Morgan fingerprint density at radius 2 is 2.00 bits per heavy atom. The van der Waals surface area contributed by atoms with Gasteiger partial charge in [0, 0.05) is 22.9 Å². The van der Waals surface area contributed by atoms with Crippen LogP contribution in [0.5, 0.6) is 0 Å². The van der Waals surface area contributed by atoms with Crippen molar-refractivity contribution < 1.29 is 4.79 Å². The minimum Gasteiger partial charge on any atom is -0.375 e. The number of Topliss-reactive ketones (excluding diaryl/α,β-unsaturated/α-hetero) is 1. The molecule has 1 fully saturated rings. The topological polar surface area (TPSA) is 89.9 Å². The van der Waals surface area contributed by atoms with E-state index in [-0.39, 0.29) is 5.78 Å². The summed E-state index contributed by atoms with van der Waals surface area (Å²) in [6.07, 6.45) is 14.5. The van der Waals surface area contributed by atoms with Crippen LogP contribution < -0.4 is 5.73 Å². The number of rotatable bonds is 10. The van der Waals surface area contributed by atoms with Gasteiger partial charge in [0.25, 0.3) is 0 Å². The molecule has 0 aliphatic heterocycles. The largest absolute Gasteiger partial charge is 0.375 e. The van der Waals surface area contributed by atoms with E-state index >= 15 is 0 Å². The van der Waals surface area contributed by atoms with Gasteiger partial charge in [-0.05, 0) is 82.0 Å². The van der Waals surface area contributed by atoms with Gasteiger partial charge in [0.05, 0.1) is 11.4 Å². The molecule has 5 rings (SSSR count). The third-order valence-corrected chi connectivity index (χ3v) is 9.02. The number of aromatic nitrogens is 4. The van der Waals surface area contributed by atoms with Crippen LogP contribution in [-0.2, 0) is 12.8 Å². The van der Waals surface area contributed by atoms with Crippen molar-refractivity contribution in [3.05, 3.63) is 53.1 Å². The van der Waals surface area contributed by atoms with Gasteiger partial charge < -0.3 is 10.6 Å². The van der Waals surface area contributed by atoms with E-state index in [9.17, 15) is 4.79 Å². The molecular weight excluding hydrogens is 468 g/mol. The van der Waals surface area contributed by atoms with Crippen molar-refractivity contribution in [3.8, 4) is 5.69 Å². The number of nitrogens with two attached hydrogens (primary N) is 1. The molecule has 0 radical (unpaired) electrons. The Balaban J connectivity index is 1.09. The summed E-state index contributed by atoms with van der Waals surface area (Å²) >= 11 is 1.68. The van der Waals surface area contributed by atoms with E-state index in [1.54, 1.807) is 22.3 Å². The van der Waals surface area contributed by atoms with Crippen molar-refractivity contribution in [2.24, 2.45) is 11.8 Å². The predicted octanol–water partition coefficient (Wildman–Crippen LogP) is 5.34. The summed E-state index contributed by atoms with van der Waals surface area (Å²) < 4.78 is 1.70. The van der Waals surface area contributed by atoms with Gasteiger partial charge in [-0.2, -0.15) is 5.10 Å². The van der Waals surface area contributed by atoms with Crippen molar-refractivity contribution in [2.45, 2.75) is 77.2 Å². The summed E-state index contributed by atoms with van der Waals surface area (Å²) in [4.78, 5) is 25.7. The Morgan fingerprint density at radius 1 is 1.17 bits per heavy atom. The number of hydrogen-bond acceptors (Lipinski definition) is 7. The zero-order valence-corrected chi connectivity index (χ0v) is 22.1. The van der Waals surface area contributed by atoms with Crippen molar-refractivity contribution in [1.82, 2.24) is 24.6 Å². The fourth-order valence-corrected chi connectivity index (χ4v) is 7.02. The van der Waals surface area contributed by atoms with Crippen LogP contribution in [0.1, 0.15) is 79.2 Å². The van der Waals surface area contributed by atoms with E-state index in [1.165, 1.54) is 74.9 Å². The van der Waals surface area contributed by atoms with Crippen LogP contribution in [0.15, 0.2) is 36.9 Å². The van der Waals surface area contributed by atoms with E-state index in [0.717, 1.165) is 35.1 Å². The number of nitrogens with zero attached hydrogens (tertiary/aromatic N) is 5. The van der Waals surface area contributed by atoms with Crippen LogP contribution in [0.4, 0.5) is 5.13 Å². The van der Waals surface area contributed by atoms with Crippen LogP contribution in [0, 0.1) is 11.8 Å². The van der Waals surface area contributed by atoms with Crippen LogP contribution in [0.2, 0.25) is 0 Å². The lowest BCUT2D eigenvalue weighted by Crippen LogP contribution is -2.41. The summed E-state index contributed by atoms with van der Waals surface area (Å²) in [5.41, 5.74) is 8.86. The molecule has 2 aromatic heterocycles. The first-order chi connectivity index (χ1) is 17.6. The number of nitrogen functional groups attached to an aromatic ring is 1. The van der Waals surface area contributed by atoms with Crippen molar-refractivity contribution in [2.75, 3.05) is 18.8 Å². The van der Waals surface area contributed by atoms with Gasteiger partial charge in [0.1, 0.15) is 12.7 Å². The maximum Gasteiger partial charge on any atom is 0.180 e. The zero-order chi connectivity index (χ0) is 24.9. The molecule has 2 aliphatic rings. The Morgan fingerprint density at radius 3 is 2.78 bits per heavy atom. The Labute approximate surface area is 218 Å². The van der Waals surface area contributed by atoms with Gasteiger partial charge >= 0.3 is 0 Å². The second kappa shape index (κ2) is 11.6. The normalized spacial score (nSPS) is 22.0. The number of anilines is 1. The van der Waals surface area contributed by atoms with Crippen molar-refractivity contribution >= 4 is 22.3 Å². The van der Waals surface area contributed by atoms with Gasteiger partial charge in [0.15, 0.2) is 10.9 Å². The predicted molar refractivity (Wildman–Crippen MR) is 145 cm³/mol. The lowest BCUT2D eigenvalue weighted by atomic mass is 9.78. The number of aryl methyl sites for hydroxylation is 1. The van der Waals surface area contributed by atoms with E-state index in [2.05, 4.69) is 26.9 Å². The van der Waals surface area contributed by atoms with Gasteiger partial charge in [0.2, 0.25) is 0 Å². The molecule has 0 unspecified atom stereocenters. The maximum absolute atomic E-state index is 13.0. The molecule has 1 saturated carbocycles. The molecule has 8 heteroatoms. The minimum absolute atomic E-state index is 0.245. The number of carbonyl (C=O) groups excluding carboxylic acids is 1. The molecule has 7 nitrogen and oxygen atoms in total. The molecule has 1 atom stereocenters. The van der Waals surface area contributed by atoms with Gasteiger partial charge in [-0.1, -0.05) is 31.9 Å². The van der Waals surface area contributed by atoms with Crippen LogP contribution in [-0.4, -0.2) is 49.6 Å². The molecule has 0 spiro atoms. The highest BCUT2D eigenvalue weighted by Crippen LogP contribution is 2.35. The second-order valence-electron chi connectivity index (χ2n) is 10.5. The molecule has 36 heavy (non-hydrogen) atoms. The number of benzene rings is 1. The lowest BCUT2D eigenvalue weighted by molar-refractivity contribution is 0.0937. The van der Waals surface area contributed by atoms with Crippen LogP contribution >= 0.6 is 11.3 Å². The first-order valence-corrected chi connectivity index (χ1v) is 14.4. The average Bonchev–Trinajstić information content (AvgIpc) is 3.56. The number of thiazole rings is 1. The van der Waals surface area contributed by atoms with E-state index in [0.29, 0.717) is 18.4 Å². The number of fused-ring (bicyclic) bond motifs is 1. The Kier molecular flexibility index (Phi) is 8.12. The monoisotopic (exact) mass is 506 g/mol. The third-order valence-electron chi connectivity index (χ3n) is 8.07. The summed E-state index contributed by atoms with van der Waals surface area (Å²) in [5.74, 6) is 1.53. The smallest absolute Gasteiger partial charge is 0.180 e. The number of ketones is 1. The molecule has 3 aromatic rings. The zero-order valence-electron chi connectivity index (χ0n) is 21.3. The number of hydrogen-bond donors (Lipinski definition) is 1. The van der Waals surface area contributed by atoms with Crippen molar-refractivity contribution in [3.63, 3.8) is 0 Å². The first kappa shape index (κ1) is 25.1. The summed E-state index contributed by atoms with van der Waals surface area (Å²) in [7, 11) is 0. The molecular formula is C28H38N6OS. The molecule has 0 saturated heterocycles. The molecule has 0 bridgehead atoms. The second-order valence-corrected chi connectivity index (χ2v) is 11.7. The SMILES string of the molecule is CCCN(CCC1CCC(CC(=O)c2cccc(-n3cncn3)c2)CC1)[C@H]1CCc2nc(N)sc2C1. The third kappa shape index (κ3) is 6.03. The fourth-order valence-electron chi connectivity index (χ4n) is 6.07. The average molecular weight is 507 g/mol. The molecule has 192 valence electrons. The summed E-state index contributed by atoms with van der Waals surface area (Å²) in [6, 6.07) is 8.36. The highest BCUT2D eigenvalue weighted by molar-refractivity contribution is 7.15. The number of carbonyl (C=O) groups is 1. The van der Waals surface area contributed by atoms with E-state index in [4.69, 9.17) is 5.73 Å². The Bertz CT molecular complexity index is 1130. The highest BCUT2D eigenvalue weighted by Gasteiger charge is 2.28. The lowest BCUT2D eigenvalue weighted by Gasteiger charge is -2.36. The summed E-state index contributed by atoms with van der Waals surface area (Å²) in [6.45, 7) is 4.65. The highest BCUT2D eigenvalue weighted by atomic mass is 32.1. The Hall–Kier alpha value is -2.58. The quantitative estimate of drug-likeness (QED) is 0.373. The van der Waals surface area contributed by atoms with Crippen molar-refractivity contribution in [1.29, 1.82) is 0 Å². The van der Waals surface area contributed by atoms with Gasteiger partial charge in [-0.15, -0.1) is 11.3 Å². The molecule has 2 aliphatic carbocycles. The first-order valence-electron chi connectivity index (χ1n) is 13.6. The van der Waals surface area contributed by atoms with E-state index < -0.39 is 0 Å².